The molecule has 2 N–H and O–H groups in total. The fraction of sp³-hybridized carbons (Fsp3) is 0.182. The highest BCUT2D eigenvalue weighted by Gasteiger charge is 2.12. The molecule has 0 atom stereocenters. The van der Waals surface area contributed by atoms with Crippen LogP contribution in [0.15, 0.2) is 28.7 Å². The maximum absolute atomic E-state index is 11.3. The molecule has 1 aromatic carbocycles. The van der Waals surface area contributed by atoms with E-state index in [0.717, 1.165) is 5.39 Å². The van der Waals surface area contributed by atoms with Gasteiger partial charge in [0.2, 0.25) is 5.78 Å². The number of hydrogen-bond acceptors (Lipinski definition) is 4. The van der Waals surface area contributed by atoms with E-state index in [9.17, 15) is 4.79 Å². The third-order valence-electron chi connectivity index (χ3n) is 2.20. The SMILES string of the molecule is COc1cccc2oc(C(=O)CN)cc12.Cl. The van der Waals surface area contributed by atoms with Crippen LogP contribution in [0.25, 0.3) is 11.0 Å². The first kappa shape index (κ1) is 12.5. The maximum atomic E-state index is 11.3. The van der Waals surface area contributed by atoms with Gasteiger partial charge in [0.15, 0.2) is 5.76 Å². The Kier molecular flexibility index (Phi) is 3.93. The van der Waals surface area contributed by atoms with Crippen molar-refractivity contribution >= 4 is 29.2 Å². The molecule has 0 spiro atoms. The van der Waals surface area contributed by atoms with Crippen molar-refractivity contribution in [2.24, 2.45) is 5.73 Å². The minimum absolute atomic E-state index is 0. The highest BCUT2D eigenvalue weighted by molar-refractivity contribution is 5.99. The number of carbonyl (C=O) groups is 1. The minimum atomic E-state index is -0.215. The second-order valence-electron chi connectivity index (χ2n) is 3.11. The molecule has 0 unspecified atom stereocenters. The monoisotopic (exact) mass is 241 g/mol. The number of ether oxygens (including phenoxy) is 1. The van der Waals surface area contributed by atoms with E-state index < -0.39 is 0 Å². The third kappa shape index (κ3) is 2.03. The van der Waals surface area contributed by atoms with E-state index in [-0.39, 0.29) is 30.5 Å². The smallest absolute Gasteiger partial charge is 0.211 e. The van der Waals surface area contributed by atoms with Crippen molar-refractivity contribution < 1.29 is 13.9 Å². The van der Waals surface area contributed by atoms with Crippen LogP contribution in [-0.4, -0.2) is 19.4 Å². The Labute approximate surface area is 98.8 Å². The van der Waals surface area contributed by atoms with Gasteiger partial charge >= 0.3 is 0 Å². The molecule has 2 aromatic rings. The topological polar surface area (TPSA) is 65.5 Å². The number of ketones is 1. The van der Waals surface area contributed by atoms with Gasteiger partial charge in [-0.3, -0.25) is 4.79 Å². The van der Waals surface area contributed by atoms with Crippen molar-refractivity contribution in [1.82, 2.24) is 0 Å². The summed E-state index contributed by atoms with van der Waals surface area (Å²) >= 11 is 0. The Hall–Kier alpha value is -1.52. The van der Waals surface area contributed by atoms with E-state index in [1.807, 2.05) is 6.07 Å². The molecule has 0 saturated carbocycles. The summed E-state index contributed by atoms with van der Waals surface area (Å²) in [6, 6.07) is 7.06. The lowest BCUT2D eigenvalue weighted by molar-refractivity contribution is 0.0977. The summed E-state index contributed by atoms with van der Waals surface area (Å²) in [5.41, 5.74) is 5.89. The van der Waals surface area contributed by atoms with E-state index in [1.165, 1.54) is 0 Å². The standard InChI is InChI=1S/C11H11NO3.ClH/c1-14-9-3-2-4-10-7(9)5-11(15-10)8(13)6-12;/h2-5H,6,12H2,1H3;1H. The normalized spacial score (nSPS) is 9.88. The Morgan fingerprint density at radius 2 is 2.25 bits per heavy atom. The van der Waals surface area contributed by atoms with E-state index in [0.29, 0.717) is 11.3 Å². The van der Waals surface area contributed by atoms with Crippen LogP contribution in [0, 0.1) is 0 Å². The summed E-state index contributed by atoms with van der Waals surface area (Å²) in [6.45, 7) is -0.0534. The molecule has 4 nitrogen and oxygen atoms in total. The summed E-state index contributed by atoms with van der Waals surface area (Å²) in [4.78, 5) is 11.3. The summed E-state index contributed by atoms with van der Waals surface area (Å²) in [5.74, 6) is 0.748. The molecule has 5 heteroatoms. The molecule has 16 heavy (non-hydrogen) atoms. The molecule has 0 radical (unpaired) electrons. The summed E-state index contributed by atoms with van der Waals surface area (Å²) in [7, 11) is 1.58. The van der Waals surface area contributed by atoms with Gasteiger partial charge in [-0.05, 0) is 18.2 Å². The zero-order valence-electron chi connectivity index (χ0n) is 8.73. The highest BCUT2D eigenvalue weighted by Crippen LogP contribution is 2.28. The largest absolute Gasteiger partial charge is 0.496 e. The molecule has 0 aliphatic heterocycles. The molecular formula is C11H12ClNO3. The number of methoxy groups -OCH3 is 1. The molecule has 1 aromatic heterocycles. The first-order valence-electron chi connectivity index (χ1n) is 4.56. The lowest BCUT2D eigenvalue weighted by atomic mass is 10.2. The number of nitrogens with two attached hydrogens (primary N) is 1. The number of Topliss-reactive ketones (excluding diaryl/α,β-unsaturated/α-hetero) is 1. The minimum Gasteiger partial charge on any atom is -0.496 e. The van der Waals surface area contributed by atoms with Gasteiger partial charge in [-0.1, -0.05) is 6.07 Å². The average molecular weight is 242 g/mol. The number of rotatable bonds is 3. The molecule has 0 saturated heterocycles. The highest BCUT2D eigenvalue weighted by atomic mass is 35.5. The molecule has 0 amide bonds. The number of hydrogen-bond donors (Lipinski definition) is 1. The number of halogens is 1. The van der Waals surface area contributed by atoms with Crippen LogP contribution in [0.5, 0.6) is 5.75 Å². The van der Waals surface area contributed by atoms with Crippen LogP contribution in [0.1, 0.15) is 10.6 Å². The van der Waals surface area contributed by atoms with Crippen LogP contribution in [0.2, 0.25) is 0 Å². The van der Waals surface area contributed by atoms with Crippen LogP contribution < -0.4 is 10.5 Å². The molecule has 86 valence electrons. The van der Waals surface area contributed by atoms with Gasteiger partial charge in [-0.15, -0.1) is 12.4 Å². The Balaban J connectivity index is 0.00000128. The van der Waals surface area contributed by atoms with E-state index >= 15 is 0 Å². The maximum Gasteiger partial charge on any atom is 0.211 e. The fourth-order valence-corrected chi connectivity index (χ4v) is 1.45. The average Bonchev–Trinajstić information content (AvgIpc) is 2.71. The second-order valence-corrected chi connectivity index (χ2v) is 3.11. The van der Waals surface area contributed by atoms with Gasteiger partial charge in [0, 0.05) is 0 Å². The van der Waals surface area contributed by atoms with E-state index in [1.54, 1.807) is 25.3 Å². The van der Waals surface area contributed by atoms with Gasteiger partial charge in [-0.25, -0.2) is 0 Å². The van der Waals surface area contributed by atoms with Gasteiger partial charge in [0.05, 0.1) is 19.0 Å². The first-order valence-corrected chi connectivity index (χ1v) is 4.56. The summed E-state index contributed by atoms with van der Waals surface area (Å²) < 4.78 is 10.5. The van der Waals surface area contributed by atoms with Crippen LogP contribution in [-0.2, 0) is 0 Å². The van der Waals surface area contributed by atoms with Gasteiger partial charge < -0.3 is 14.9 Å². The lowest BCUT2D eigenvalue weighted by Gasteiger charge is -1.98. The van der Waals surface area contributed by atoms with Crippen molar-refractivity contribution in [1.29, 1.82) is 0 Å². The Morgan fingerprint density at radius 3 is 2.88 bits per heavy atom. The molecule has 2 rings (SSSR count). The van der Waals surface area contributed by atoms with Crippen molar-refractivity contribution in [3.8, 4) is 5.75 Å². The molecule has 0 aliphatic carbocycles. The quantitative estimate of drug-likeness (QED) is 0.835. The zero-order chi connectivity index (χ0) is 10.8. The Morgan fingerprint density at radius 1 is 1.50 bits per heavy atom. The molecule has 1 heterocycles. The number of carbonyl (C=O) groups excluding carboxylic acids is 1. The predicted octanol–water partition coefficient (Wildman–Crippen LogP) is 2.00. The number of furan rings is 1. The predicted molar refractivity (Wildman–Crippen MR) is 63.4 cm³/mol. The van der Waals surface area contributed by atoms with E-state index in [2.05, 4.69) is 0 Å². The van der Waals surface area contributed by atoms with Crippen molar-refractivity contribution in [3.05, 3.63) is 30.0 Å². The van der Waals surface area contributed by atoms with Crippen molar-refractivity contribution in [3.63, 3.8) is 0 Å². The summed E-state index contributed by atoms with van der Waals surface area (Å²) in [6.07, 6.45) is 0. The van der Waals surface area contributed by atoms with Crippen LogP contribution in [0.4, 0.5) is 0 Å². The molecule has 0 fully saturated rings. The Bertz CT molecular complexity index is 507. The van der Waals surface area contributed by atoms with Gasteiger partial charge in [0.25, 0.3) is 0 Å². The molecular weight excluding hydrogens is 230 g/mol. The zero-order valence-corrected chi connectivity index (χ0v) is 9.54. The molecule has 0 aliphatic rings. The van der Waals surface area contributed by atoms with Crippen molar-refractivity contribution in [2.75, 3.05) is 13.7 Å². The second kappa shape index (κ2) is 5.01. The molecule has 0 bridgehead atoms. The summed E-state index contributed by atoms with van der Waals surface area (Å²) in [5, 5.41) is 0.789. The third-order valence-corrected chi connectivity index (χ3v) is 2.20. The number of benzene rings is 1. The van der Waals surface area contributed by atoms with E-state index in [4.69, 9.17) is 14.9 Å². The fourth-order valence-electron chi connectivity index (χ4n) is 1.45. The van der Waals surface area contributed by atoms with Crippen LogP contribution in [0.3, 0.4) is 0 Å². The van der Waals surface area contributed by atoms with Gasteiger partial charge in [-0.2, -0.15) is 0 Å². The lowest BCUT2D eigenvalue weighted by Crippen LogP contribution is -2.12. The van der Waals surface area contributed by atoms with Gasteiger partial charge in [0.1, 0.15) is 11.3 Å². The van der Waals surface area contributed by atoms with Crippen LogP contribution >= 0.6 is 12.4 Å². The number of fused-ring (bicyclic) bond motifs is 1. The first-order chi connectivity index (χ1) is 7.26. The van der Waals surface area contributed by atoms with Crippen molar-refractivity contribution in [2.45, 2.75) is 0 Å².